The third kappa shape index (κ3) is 3.42. The van der Waals surface area contributed by atoms with Gasteiger partial charge in [0, 0.05) is 6.54 Å². The Morgan fingerprint density at radius 3 is 3.07 bits per heavy atom. The van der Waals surface area contributed by atoms with Gasteiger partial charge in [0.1, 0.15) is 0 Å². The zero-order valence-electron chi connectivity index (χ0n) is 8.33. The van der Waals surface area contributed by atoms with Crippen molar-refractivity contribution in [3.63, 3.8) is 0 Å². The van der Waals surface area contributed by atoms with Crippen LogP contribution in [0.3, 0.4) is 0 Å². The van der Waals surface area contributed by atoms with Gasteiger partial charge in [0.15, 0.2) is 0 Å². The highest BCUT2D eigenvalue weighted by Crippen LogP contribution is 2.07. The monoisotopic (exact) mass is 186 g/mol. The fourth-order valence-corrected chi connectivity index (χ4v) is 1.26. The van der Waals surface area contributed by atoms with Crippen LogP contribution in [0.4, 0.5) is 0 Å². The topological polar surface area (TPSA) is 35.8 Å². The van der Waals surface area contributed by atoms with Crippen molar-refractivity contribution in [1.82, 2.24) is 5.32 Å². The summed E-state index contributed by atoms with van der Waals surface area (Å²) < 4.78 is 0. The number of allylic oxidation sites excluding steroid dienone is 1. The van der Waals surface area contributed by atoms with Crippen LogP contribution >= 0.6 is 0 Å². The number of hydrogen-bond acceptors (Lipinski definition) is 2. The van der Waals surface area contributed by atoms with Crippen LogP contribution in [0.1, 0.15) is 17.5 Å². The summed E-state index contributed by atoms with van der Waals surface area (Å²) in [7, 11) is 1.93. The van der Waals surface area contributed by atoms with E-state index in [0.717, 1.165) is 12.1 Å². The molecule has 1 aromatic carbocycles. The van der Waals surface area contributed by atoms with E-state index < -0.39 is 0 Å². The molecule has 0 aliphatic carbocycles. The van der Waals surface area contributed by atoms with Crippen LogP contribution in [0.2, 0.25) is 0 Å². The predicted molar refractivity (Wildman–Crippen MR) is 58.5 cm³/mol. The second-order valence-corrected chi connectivity index (χ2v) is 3.04. The van der Waals surface area contributed by atoms with Crippen LogP contribution in [0.15, 0.2) is 30.3 Å². The van der Waals surface area contributed by atoms with E-state index in [1.807, 2.05) is 31.3 Å². The number of benzene rings is 1. The van der Waals surface area contributed by atoms with Crippen LogP contribution in [-0.2, 0) is 6.54 Å². The van der Waals surface area contributed by atoms with E-state index in [1.54, 1.807) is 0 Å². The molecule has 0 aliphatic heterocycles. The molecule has 0 unspecified atom stereocenters. The van der Waals surface area contributed by atoms with Gasteiger partial charge in [0.2, 0.25) is 0 Å². The molecule has 0 saturated heterocycles. The Hall–Kier alpha value is -1.59. The molecule has 72 valence electrons. The minimum absolute atomic E-state index is 0.469. The standard InChI is InChI=1S/C12H14N2/c1-14-10-12-7-4-6-11(9-12)5-2-3-8-13/h2,4-7,9,14H,3,10H2,1H3. The average Bonchev–Trinajstić information content (AvgIpc) is 2.19. The van der Waals surface area contributed by atoms with Crippen LogP contribution in [0, 0.1) is 11.3 Å². The first-order valence-corrected chi connectivity index (χ1v) is 4.64. The molecule has 14 heavy (non-hydrogen) atoms. The molecule has 0 aliphatic rings. The molecule has 0 heterocycles. The van der Waals surface area contributed by atoms with E-state index in [1.165, 1.54) is 5.56 Å². The average molecular weight is 186 g/mol. The van der Waals surface area contributed by atoms with Crippen molar-refractivity contribution in [1.29, 1.82) is 5.26 Å². The van der Waals surface area contributed by atoms with Gasteiger partial charge in [0.05, 0.1) is 12.5 Å². The van der Waals surface area contributed by atoms with E-state index in [2.05, 4.69) is 23.5 Å². The van der Waals surface area contributed by atoms with Gasteiger partial charge in [-0.2, -0.15) is 5.26 Å². The SMILES string of the molecule is CNCc1cccc(C=CCC#N)c1. The first-order valence-electron chi connectivity index (χ1n) is 4.64. The van der Waals surface area contributed by atoms with Gasteiger partial charge in [0.25, 0.3) is 0 Å². The fraction of sp³-hybridized carbons (Fsp3) is 0.250. The summed E-state index contributed by atoms with van der Waals surface area (Å²) in [6.07, 6.45) is 4.32. The molecule has 0 aromatic heterocycles. The summed E-state index contributed by atoms with van der Waals surface area (Å²) in [6, 6.07) is 10.3. The Balaban J connectivity index is 2.69. The number of rotatable bonds is 4. The fourth-order valence-electron chi connectivity index (χ4n) is 1.26. The molecule has 0 radical (unpaired) electrons. The van der Waals surface area contributed by atoms with Crippen molar-refractivity contribution in [2.24, 2.45) is 0 Å². The number of nitrogens with zero attached hydrogens (tertiary/aromatic N) is 1. The predicted octanol–water partition coefficient (Wildman–Crippen LogP) is 2.33. The van der Waals surface area contributed by atoms with Gasteiger partial charge in [-0.25, -0.2) is 0 Å². The number of nitriles is 1. The summed E-state index contributed by atoms with van der Waals surface area (Å²) in [4.78, 5) is 0. The summed E-state index contributed by atoms with van der Waals surface area (Å²) in [5.41, 5.74) is 2.40. The Labute approximate surface area is 84.9 Å². The molecule has 1 rings (SSSR count). The minimum atomic E-state index is 0.469. The summed E-state index contributed by atoms with van der Waals surface area (Å²) >= 11 is 0. The number of hydrogen-bond donors (Lipinski definition) is 1. The van der Waals surface area contributed by atoms with Gasteiger partial charge in [-0.15, -0.1) is 0 Å². The molecule has 1 N–H and O–H groups in total. The van der Waals surface area contributed by atoms with Gasteiger partial charge in [-0.3, -0.25) is 0 Å². The molecule has 0 amide bonds. The van der Waals surface area contributed by atoms with Crippen LogP contribution in [0.25, 0.3) is 6.08 Å². The second kappa shape index (κ2) is 5.95. The largest absolute Gasteiger partial charge is 0.316 e. The van der Waals surface area contributed by atoms with Crippen molar-refractivity contribution < 1.29 is 0 Å². The molecule has 2 heteroatoms. The molecular weight excluding hydrogens is 172 g/mol. The highest BCUT2D eigenvalue weighted by atomic mass is 14.8. The molecule has 0 spiro atoms. The Morgan fingerprint density at radius 1 is 1.50 bits per heavy atom. The second-order valence-electron chi connectivity index (χ2n) is 3.04. The van der Waals surface area contributed by atoms with E-state index in [4.69, 9.17) is 5.26 Å². The zero-order chi connectivity index (χ0) is 10.2. The highest BCUT2D eigenvalue weighted by molar-refractivity contribution is 5.50. The van der Waals surface area contributed by atoms with Crippen molar-refractivity contribution >= 4 is 6.08 Å². The lowest BCUT2D eigenvalue weighted by Crippen LogP contribution is -2.04. The lowest BCUT2D eigenvalue weighted by atomic mass is 10.1. The Kier molecular flexibility index (Phi) is 4.46. The molecule has 0 saturated carbocycles. The minimum Gasteiger partial charge on any atom is -0.316 e. The van der Waals surface area contributed by atoms with Crippen LogP contribution in [-0.4, -0.2) is 7.05 Å². The van der Waals surface area contributed by atoms with Crippen LogP contribution < -0.4 is 5.32 Å². The smallest absolute Gasteiger partial charge is 0.0663 e. The first kappa shape index (κ1) is 10.5. The van der Waals surface area contributed by atoms with Gasteiger partial charge >= 0.3 is 0 Å². The van der Waals surface area contributed by atoms with Gasteiger partial charge in [-0.05, 0) is 18.2 Å². The summed E-state index contributed by atoms with van der Waals surface area (Å²) in [5.74, 6) is 0. The quantitative estimate of drug-likeness (QED) is 0.783. The molecular formula is C12H14N2. The summed E-state index contributed by atoms with van der Waals surface area (Å²) in [5, 5.41) is 11.5. The molecule has 0 fully saturated rings. The van der Waals surface area contributed by atoms with Crippen molar-refractivity contribution in [2.45, 2.75) is 13.0 Å². The maximum Gasteiger partial charge on any atom is 0.0663 e. The van der Waals surface area contributed by atoms with E-state index >= 15 is 0 Å². The molecule has 1 aromatic rings. The first-order chi connectivity index (χ1) is 6.86. The molecule has 0 bridgehead atoms. The normalized spacial score (nSPS) is 10.3. The van der Waals surface area contributed by atoms with Crippen molar-refractivity contribution in [3.8, 4) is 6.07 Å². The number of nitrogens with one attached hydrogen (secondary N) is 1. The molecule has 2 nitrogen and oxygen atoms in total. The van der Waals surface area contributed by atoms with Gasteiger partial charge < -0.3 is 5.32 Å². The van der Waals surface area contributed by atoms with E-state index in [0.29, 0.717) is 6.42 Å². The highest BCUT2D eigenvalue weighted by Gasteiger charge is 1.91. The molecule has 0 atom stereocenters. The lowest BCUT2D eigenvalue weighted by molar-refractivity contribution is 0.818. The lowest BCUT2D eigenvalue weighted by Gasteiger charge is -2.00. The van der Waals surface area contributed by atoms with E-state index in [9.17, 15) is 0 Å². The van der Waals surface area contributed by atoms with Crippen molar-refractivity contribution in [2.75, 3.05) is 7.05 Å². The van der Waals surface area contributed by atoms with Crippen molar-refractivity contribution in [3.05, 3.63) is 41.5 Å². The third-order valence-electron chi connectivity index (χ3n) is 1.85. The maximum atomic E-state index is 8.37. The maximum absolute atomic E-state index is 8.37. The Bertz CT molecular complexity index is 348. The van der Waals surface area contributed by atoms with Gasteiger partial charge in [-0.1, -0.05) is 36.4 Å². The third-order valence-corrected chi connectivity index (χ3v) is 1.85. The van der Waals surface area contributed by atoms with Crippen LogP contribution in [0.5, 0.6) is 0 Å². The zero-order valence-corrected chi connectivity index (χ0v) is 8.33. The van der Waals surface area contributed by atoms with E-state index in [-0.39, 0.29) is 0 Å². The summed E-state index contributed by atoms with van der Waals surface area (Å²) in [6.45, 7) is 0.875. The Morgan fingerprint density at radius 2 is 2.36 bits per heavy atom.